The van der Waals surface area contributed by atoms with Crippen LogP contribution in [0.3, 0.4) is 0 Å². The van der Waals surface area contributed by atoms with E-state index in [0.29, 0.717) is 0 Å². The van der Waals surface area contributed by atoms with Gasteiger partial charge in [-0.15, -0.1) is 13.0 Å². The van der Waals surface area contributed by atoms with Crippen LogP contribution in [0, 0.1) is 18.3 Å². The maximum Gasteiger partial charge on any atom is 0.135 e. The van der Waals surface area contributed by atoms with E-state index in [1.54, 1.807) is 6.08 Å². The Kier molecular flexibility index (Phi) is 4.19. The van der Waals surface area contributed by atoms with Gasteiger partial charge in [0.05, 0.1) is 11.7 Å². The SMILES string of the molecule is C#Cc1c(OC(C)C)cccc1[C](C)C=C. The summed E-state index contributed by atoms with van der Waals surface area (Å²) in [7, 11) is 0. The lowest BCUT2D eigenvalue weighted by atomic mass is 9.95. The average Bonchev–Trinajstić information content (AvgIpc) is 2.27. The highest BCUT2D eigenvalue weighted by Gasteiger charge is 2.12. The molecule has 1 heteroatoms. The summed E-state index contributed by atoms with van der Waals surface area (Å²) in [4.78, 5) is 0. The molecule has 1 aromatic rings. The number of ether oxygens (including phenoxy) is 1. The summed E-state index contributed by atoms with van der Waals surface area (Å²) in [5.74, 6) is 4.51. The van der Waals surface area contributed by atoms with Crippen molar-refractivity contribution in [2.75, 3.05) is 0 Å². The first-order valence-corrected chi connectivity index (χ1v) is 5.32. The first kappa shape index (κ1) is 12.4. The molecule has 0 aromatic heterocycles. The van der Waals surface area contributed by atoms with E-state index in [-0.39, 0.29) is 6.10 Å². The fourth-order valence-corrected chi connectivity index (χ4v) is 1.47. The van der Waals surface area contributed by atoms with Crippen molar-refractivity contribution in [1.29, 1.82) is 0 Å². The zero-order chi connectivity index (χ0) is 12.1. The summed E-state index contributed by atoms with van der Waals surface area (Å²) in [6, 6.07) is 5.83. The van der Waals surface area contributed by atoms with E-state index in [4.69, 9.17) is 11.2 Å². The van der Waals surface area contributed by atoms with E-state index < -0.39 is 0 Å². The molecule has 0 atom stereocenters. The average molecular weight is 213 g/mol. The normalized spacial score (nSPS) is 10.2. The minimum atomic E-state index is 0.117. The van der Waals surface area contributed by atoms with Crippen LogP contribution in [0.4, 0.5) is 0 Å². The Morgan fingerprint density at radius 3 is 2.69 bits per heavy atom. The predicted molar refractivity (Wildman–Crippen MR) is 68.4 cm³/mol. The van der Waals surface area contributed by atoms with Gasteiger partial charge in [-0.3, -0.25) is 0 Å². The fourth-order valence-electron chi connectivity index (χ4n) is 1.47. The van der Waals surface area contributed by atoms with Crippen molar-refractivity contribution in [2.24, 2.45) is 0 Å². The van der Waals surface area contributed by atoms with Crippen LogP contribution in [0.5, 0.6) is 5.75 Å². The second kappa shape index (κ2) is 5.42. The molecule has 0 aliphatic rings. The molecule has 0 aliphatic heterocycles. The van der Waals surface area contributed by atoms with Gasteiger partial charge in [0, 0.05) is 5.92 Å². The van der Waals surface area contributed by atoms with E-state index >= 15 is 0 Å². The molecular formula is C15H17O. The van der Waals surface area contributed by atoms with Gasteiger partial charge in [0.15, 0.2) is 0 Å². The van der Waals surface area contributed by atoms with Gasteiger partial charge >= 0.3 is 0 Å². The zero-order valence-electron chi connectivity index (χ0n) is 10.1. The first-order chi connectivity index (χ1) is 7.60. The molecule has 1 radical (unpaired) electrons. The molecule has 0 saturated carbocycles. The van der Waals surface area contributed by atoms with Gasteiger partial charge in [0.1, 0.15) is 5.75 Å². The summed E-state index contributed by atoms with van der Waals surface area (Å²) < 4.78 is 5.68. The summed E-state index contributed by atoms with van der Waals surface area (Å²) in [6.45, 7) is 9.71. The van der Waals surface area contributed by atoms with Gasteiger partial charge in [0.25, 0.3) is 0 Å². The molecule has 1 aromatic carbocycles. The van der Waals surface area contributed by atoms with Crippen molar-refractivity contribution in [3.8, 4) is 18.1 Å². The smallest absolute Gasteiger partial charge is 0.135 e. The van der Waals surface area contributed by atoms with Gasteiger partial charge in [-0.2, -0.15) is 0 Å². The molecule has 0 N–H and O–H groups in total. The molecule has 0 aliphatic carbocycles. The van der Waals surface area contributed by atoms with Crippen LogP contribution in [0.15, 0.2) is 30.9 Å². The maximum atomic E-state index is 5.68. The Bertz CT molecular complexity index is 410. The highest BCUT2D eigenvalue weighted by molar-refractivity contribution is 5.56. The summed E-state index contributed by atoms with van der Waals surface area (Å²) in [5.41, 5.74) is 1.81. The van der Waals surface area contributed by atoms with Crippen LogP contribution >= 0.6 is 0 Å². The molecule has 16 heavy (non-hydrogen) atoms. The standard InChI is InChI=1S/C15H17O/c1-6-12(5)14-9-8-10-15(13(14)7-2)16-11(3)4/h2,6,8-11H,1H2,3-5H3. The molecule has 0 heterocycles. The van der Waals surface area contributed by atoms with Crippen molar-refractivity contribution in [1.82, 2.24) is 0 Å². The van der Waals surface area contributed by atoms with Crippen molar-refractivity contribution in [3.05, 3.63) is 47.9 Å². The number of hydrogen-bond acceptors (Lipinski definition) is 1. The molecule has 0 saturated heterocycles. The summed E-state index contributed by atoms with van der Waals surface area (Å²) in [5, 5.41) is 0. The van der Waals surface area contributed by atoms with Gasteiger partial charge in [-0.25, -0.2) is 0 Å². The van der Waals surface area contributed by atoms with Crippen LogP contribution in [-0.2, 0) is 0 Å². The number of benzene rings is 1. The Labute approximate surface area is 98.1 Å². The van der Waals surface area contributed by atoms with E-state index in [0.717, 1.165) is 22.8 Å². The second-order valence-electron chi connectivity index (χ2n) is 3.88. The molecule has 0 amide bonds. The predicted octanol–water partition coefficient (Wildman–Crippen LogP) is 3.58. The largest absolute Gasteiger partial charge is 0.490 e. The Hall–Kier alpha value is -1.68. The van der Waals surface area contributed by atoms with Crippen molar-refractivity contribution in [3.63, 3.8) is 0 Å². The third-order valence-electron chi connectivity index (χ3n) is 2.26. The van der Waals surface area contributed by atoms with Crippen LogP contribution < -0.4 is 4.74 Å². The Balaban J connectivity index is 3.21. The minimum Gasteiger partial charge on any atom is -0.490 e. The lowest BCUT2D eigenvalue weighted by molar-refractivity contribution is 0.241. The van der Waals surface area contributed by atoms with E-state index in [9.17, 15) is 0 Å². The van der Waals surface area contributed by atoms with Crippen LogP contribution in [0.25, 0.3) is 0 Å². The van der Waals surface area contributed by atoms with Gasteiger partial charge < -0.3 is 4.74 Å². The van der Waals surface area contributed by atoms with Crippen molar-refractivity contribution < 1.29 is 4.74 Å². The molecule has 0 spiro atoms. The van der Waals surface area contributed by atoms with Crippen LogP contribution in [0.1, 0.15) is 31.9 Å². The molecule has 1 nitrogen and oxygen atoms in total. The van der Waals surface area contributed by atoms with Gasteiger partial charge in [-0.05, 0) is 25.5 Å². The molecule has 83 valence electrons. The molecule has 0 bridgehead atoms. The van der Waals surface area contributed by atoms with E-state index in [1.807, 2.05) is 39.0 Å². The number of hydrogen-bond donors (Lipinski definition) is 0. The first-order valence-electron chi connectivity index (χ1n) is 5.32. The lowest BCUT2D eigenvalue weighted by Crippen LogP contribution is -2.08. The third kappa shape index (κ3) is 2.67. The highest BCUT2D eigenvalue weighted by atomic mass is 16.5. The number of rotatable bonds is 4. The summed E-state index contributed by atoms with van der Waals surface area (Å²) in [6.07, 6.45) is 7.46. The van der Waals surface area contributed by atoms with Crippen molar-refractivity contribution >= 4 is 0 Å². The van der Waals surface area contributed by atoms with Gasteiger partial charge in [0.2, 0.25) is 0 Å². The molecule has 0 unspecified atom stereocenters. The number of terminal acetylenes is 1. The van der Waals surface area contributed by atoms with Crippen LogP contribution in [-0.4, -0.2) is 6.10 Å². The van der Waals surface area contributed by atoms with Crippen LogP contribution in [0.2, 0.25) is 0 Å². The monoisotopic (exact) mass is 213 g/mol. The Morgan fingerprint density at radius 2 is 2.19 bits per heavy atom. The molecular weight excluding hydrogens is 196 g/mol. The Morgan fingerprint density at radius 1 is 1.50 bits per heavy atom. The van der Waals surface area contributed by atoms with E-state index in [2.05, 4.69) is 12.5 Å². The fraction of sp³-hybridized carbons (Fsp3) is 0.267. The summed E-state index contributed by atoms with van der Waals surface area (Å²) >= 11 is 0. The molecule has 0 fully saturated rings. The number of allylic oxidation sites excluding steroid dienone is 1. The zero-order valence-corrected chi connectivity index (χ0v) is 10.1. The van der Waals surface area contributed by atoms with Crippen molar-refractivity contribution in [2.45, 2.75) is 26.9 Å². The topological polar surface area (TPSA) is 9.23 Å². The van der Waals surface area contributed by atoms with Gasteiger partial charge in [-0.1, -0.05) is 31.1 Å². The van der Waals surface area contributed by atoms with E-state index in [1.165, 1.54) is 0 Å². The maximum absolute atomic E-state index is 5.68. The minimum absolute atomic E-state index is 0.117. The molecule has 1 rings (SSSR count). The highest BCUT2D eigenvalue weighted by Crippen LogP contribution is 2.27. The second-order valence-corrected chi connectivity index (χ2v) is 3.88. The lowest BCUT2D eigenvalue weighted by Gasteiger charge is -2.16. The quantitative estimate of drug-likeness (QED) is 0.695. The third-order valence-corrected chi connectivity index (χ3v) is 2.26.